The number of fused-ring (bicyclic) bond motifs is 1. The van der Waals surface area contributed by atoms with Gasteiger partial charge in [-0.3, -0.25) is 0 Å². The van der Waals surface area contributed by atoms with Crippen LogP contribution in [0.1, 0.15) is 30.7 Å². The highest BCUT2D eigenvalue weighted by Crippen LogP contribution is 2.33. The third-order valence-corrected chi connectivity index (χ3v) is 5.58. The molecule has 1 heterocycles. The summed E-state index contributed by atoms with van der Waals surface area (Å²) in [6.45, 7) is 2.88. The van der Waals surface area contributed by atoms with Gasteiger partial charge in [0.05, 0.1) is 19.7 Å². The summed E-state index contributed by atoms with van der Waals surface area (Å²) in [4.78, 5) is 9.87. The van der Waals surface area contributed by atoms with Crippen molar-refractivity contribution >= 4 is 16.7 Å². The van der Waals surface area contributed by atoms with Crippen molar-refractivity contribution in [2.75, 3.05) is 19.5 Å². The fourth-order valence-corrected chi connectivity index (χ4v) is 3.72. The highest BCUT2D eigenvalue weighted by molar-refractivity contribution is 5.89. The van der Waals surface area contributed by atoms with E-state index in [2.05, 4.69) is 42.6 Å². The van der Waals surface area contributed by atoms with Gasteiger partial charge in [-0.2, -0.15) is 0 Å². The molecule has 0 saturated heterocycles. The summed E-state index contributed by atoms with van der Waals surface area (Å²) in [7, 11) is 3.38. The second-order valence-electron chi connectivity index (χ2n) is 7.52. The van der Waals surface area contributed by atoms with Gasteiger partial charge in [-0.25, -0.2) is 9.97 Å². The minimum atomic E-state index is 0.194. The number of ether oxygens (including phenoxy) is 2. The van der Waals surface area contributed by atoms with E-state index in [0.717, 1.165) is 40.5 Å². The Labute approximate surface area is 177 Å². The number of aromatic nitrogens is 2. The molecule has 4 rings (SSSR count). The monoisotopic (exact) mass is 401 g/mol. The third kappa shape index (κ3) is 4.30. The van der Waals surface area contributed by atoms with Crippen LogP contribution in [0.15, 0.2) is 72.5 Å². The molecule has 30 heavy (non-hydrogen) atoms. The van der Waals surface area contributed by atoms with E-state index in [0.29, 0.717) is 12.5 Å². The summed E-state index contributed by atoms with van der Waals surface area (Å²) in [5, 5.41) is 4.55. The van der Waals surface area contributed by atoms with Crippen LogP contribution in [0.3, 0.4) is 0 Å². The summed E-state index contributed by atoms with van der Waals surface area (Å²) in [5.41, 5.74) is 2.12. The smallest absolute Gasteiger partial charge is 0.137 e. The molecule has 2 unspecified atom stereocenters. The summed E-state index contributed by atoms with van der Waals surface area (Å²) >= 11 is 0. The normalized spacial score (nSPS) is 18.6. The van der Waals surface area contributed by atoms with Gasteiger partial charge < -0.3 is 14.8 Å². The summed E-state index contributed by atoms with van der Waals surface area (Å²) in [6, 6.07) is 16.2. The van der Waals surface area contributed by atoms with E-state index in [9.17, 15) is 0 Å². The van der Waals surface area contributed by atoms with Gasteiger partial charge in [-0.1, -0.05) is 37.3 Å². The van der Waals surface area contributed by atoms with Crippen molar-refractivity contribution < 1.29 is 9.47 Å². The molecule has 5 heteroatoms. The molecule has 1 aromatic heterocycles. The predicted molar refractivity (Wildman–Crippen MR) is 121 cm³/mol. The minimum Gasteiger partial charge on any atom is -0.497 e. The number of benzene rings is 2. The Bertz CT molecular complexity index is 1070. The second-order valence-corrected chi connectivity index (χ2v) is 7.52. The molecule has 0 aliphatic heterocycles. The first-order chi connectivity index (χ1) is 14.7. The maximum absolute atomic E-state index is 5.41. The molecule has 0 radical (unpaired) electrons. The highest BCUT2D eigenvalue weighted by Gasteiger charge is 2.23. The van der Waals surface area contributed by atoms with E-state index in [-0.39, 0.29) is 5.92 Å². The third-order valence-electron chi connectivity index (χ3n) is 5.58. The number of para-hydroxylation sites is 1. The Kier molecular flexibility index (Phi) is 5.98. The zero-order valence-corrected chi connectivity index (χ0v) is 17.6. The standard InChI is InChI=1S/C25H27N3O2/c1-17-8-11-19(29-2)14-15-21(17)25-27-23-7-5-4-6-22(23)24(28-25)26-16-18-9-12-20(30-3)13-10-18/h4-14,17,21H,15-16H2,1-3H3,(H,26,27,28). The molecule has 0 spiro atoms. The number of nitrogens with one attached hydrogen (secondary N) is 1. The Morgan fingerprint density at radius 2 is 1.80 bits per heavy atom. The molecule has 0 fully saturated rings. The molecule has 154 valence electrons. The van der Waals surface area contributed by atoms with Gasteiger partial charge in [0.2, 0.25) is 0 Å². The SMILES string of the molecule is COC1=CCC(c2nc(NCc3ccc(OC)cc3)c3ccccc3n2)C(C)C=C1. The lowest BCUT2D eigenvalue weighted by atomic mass is 9.90. The number of hydrogen-bond acceptors (Lipinski definition) is 5. The number of rotatable bonds is 6. The summed E-state index contributed by atoms with van der Waals surface area (Å²) < 4.78 is 10.7. The second kappa shape index (κ2) is 8.99. The largest absolute Gasteiger partial charge is 0.497 e. The van der Waals surface area contributed by atoms with Crippen molar-refractivity contribution in [3.05, 3.63) is 83.9 Å². The number of hydrogen-bond donors (Lipinski definition) is 1. The lowest BCUT2D eigenvalue weighted by Gasteiger charge is -2.20. The number of allylic oxidation sites excluding steroid dienone is 3. The van der Waals surface area contributed by atoms with Crippen LogP contribution in [0, 0.1) is 5.92 Å². The molecule has 0 amide bonds. The zero-order chi connectivity index (χ0) is 20.9. The fraction of sp³-hybridized carbons (Fsp3) is 0.280. The van der Waals surface area contributed by atoms with Crippen LogP contribution < -0.4 is 10.1 Å². The van der Waals surface area contributed by atoms with Crippen LogP contribution in [-0.2, 0) is 11.3 Å². The average molecular weight is 402 g/mol. The van der Waals surface area contributed by atoms with Crippen LogP contribution in [-0.4, -0.2) is 24.2 Å². The van der Waals surface area contributed by atoms with Gasteiger partial charge in [0.15, 0.2) is 0 Å². The molecular formula is C25H27N3O2. The van der Waals surface area contributed by atoms with Gasteiger partial charge in [0, 0.05) is 17.8 Å². The van der Waals surface area contributed by atoms with E-state index in [1.165, 1.54) is 5.56 Å². The Morgan fingerprint density at radius 3 is 2.57 bits per heavy atom. The number of methoxy groups -OCH3 is 2. The number of nitrogens with zero attached hydrogens (tertiary/aromatic N) is 2. The van der Waals surface area contributed by atoms with Crippen LogP contribution in [0.4, 0.5) is 5.82 Å². The van der Waals surface area contributed by atoms with Crippen LogP contribution >= 0.6 is 0 Å². The van der Waals surface area contributed by atoms with Crippen molar-refractivity contribution in [3.8, 4) is 5.75 Å². The van der Waals surface area contributed by atoms with E-state index in [1.807, 2.05) is 36.4 Å². The maximum atomic E-state index is 5.41. The topological polar surface area (TPSA) is 56.3 Å². The zero-order valence-electron chi connectivity index (χ0n) is 17.6. The van der Waals surface area contributed by atoms with Crippen molar-refractivity contribution in [2.45, 2.75) is 25.8 Å². The van der Waals surface area contributed by atoms with Gasteiger partial charge in [0.1, 0.15) is 23.2 Å². The quantitative estimate of drug-likeness (QED) is 0.594. The average Bonchev–Trinajstić information content (AvgIpc) is 2.98. The van der Waals surface area contributed by atoms with Gasteiger partial charge >= 0.3 is 0 Å². The Morgan fingerprint density at radius 1 is 1.00 bits per heavy atom. The van der Waals surface area contributed by atoms with Gasteiger partial charge in [-0.05, 0) is 54.3 Å². The van der Waals surface area contributed by atoms with Crippen molar-refractivity contribution in [1.29, 1.82) is 0 Å². The first-order valence-corrected chi connectivity index (χ1v) is 10.2. The van der Waals surface area contributed by atoms with Crippen molar-refractivity contribution in [1.82, 2.24) is 9.97 Å². The van der Waals surface area contributed by atoms with Gasteiger partial charge in [-0.15, -0.1) is 0 Å². The first kappa shape index (κ1) is 20.0. The lowest BCUT2D eigenvalue weighted by Crippen LogP contribution is -2.13. The Hall–Kier alpha value is -3.34. The molecule has 1 aliphatic rings. The van der Waals surface area contributed by atoms with E-state index < -0.39 is 0 Å². The molecule has 1 aliphatic carbocycles. The first-order valence-electron chi connectivity index (χ1n) is 10.2. The lowest BCUT2D eigenvalue weighted by molar-refractivity contribution is 0.305. The predicted octanol–water partition coefficient (Wildman–Crippen LogP) is 5.46. The molecule has 1 N–H and O–H groups in total. The van der Waals surface area contributed by atoms with E-state index >= 15 is 0 Å². The van der Waals surface area contributed by atoms with Crippen LogP contribution in [0.2, 0.25) is 0 Å². The van der Waals surface area contributed by atoms with E-state index in [1.54, 1.807) is 14.2 Å². The molecule has 0 bridgehead atoms. The molecule has 5 nitrogen and oxygen atoms in total. The molecule has 2 aromatic carbocycles. The fourth-order valence-electron chi connectivity index (χ4n) is 3.72. The highest BCUT2D eigenvalue weighted by atomic mass is 16.5. The van der Waals surface area contributed by atoms with Crippen LogP contribution in [0.25, 0.3) is 10.9 Å². The number of anilines is 1. The molecular weight excluding hydrogens is 374 g/mol. The van der Waals surface area contributed by atoms with E-state index in [4.69, 9.17) is 19.4 Å². The summed E-state index contributed by atoms with van der Waals surface area (Å²) in [6.07, 6.45) is 7.17. The Balaban J connectivity index is 1.65. The molecule has 0 saturated carbocycles. The van der Waals surface area contributed by atoms with Crippen molar-refractivity contribution in [2.24, 2.45) is 5.92 Å². The molecule has 2 atom stereocenters. The minimum absolute atomic E-state index is 0.194. The molecule has 3 aromatic rings. The van der Waals surface area contributed by atoms with Crippen LogP contribution in [0.5, 0.6) is 5.75 Å². The van der Waals surface area contributed by atoms with Crippen molar-refractivity contribution in [3.63, 3.8) is 0 Å². The maximum Gasteiger partial charge on any atom is 0.137 e. The summed E-state index contributed by atoms with van der Waals surface area (Å²) in [5.74, 6) is 3.97. The van der Waals surface area contributed by atoms with Gasteiger partial charge in [0.25, 0.3) is 0 Å².